The van der Waals surface area contributed by atoms with Gasteiger partial charge in [0.05, 0.1) is 6.61 Å². The molecule has 1 saturated heterocycles. The minimum Gasteiger partial charge on any atom is -0.456 e. The summed E-state index contributed by atoms with van der Waals surface area (Å²) in [6.45, 7) is 3.04. The maximum absolute atomic E-state index is 13.6. The summed E-state index contributed by atoms with van der Waals surface area (Å²) in [5.41, 5.74) is 0. The van der Waals surface area contributed by atoms with E-state index in [0.717, 1.165) is 20.8 Å². The van der Waals surface area contributed by atoms with Crippen molar-refractivity contribution in [1.29, 1.82) is 0 Å². The minimum atomic E-state index is -1.96. The summed E-state index contributed by atoms with van der Waals surface area (Å²) < 4.78 is 32.8. The van der Waals surface area contributed by atoms with Crippen LogP contribution in [-0.4, -0.2) is 49.2 Å². The molecule has 0 aromatic carbocycles. The zero-order chi connectivity index (χ0) is 14.6. The van der Waals surface area contributed by atoms with Gasteiger partial charge in [0.15, 0.2) is 18.3 Å². The first kappa shape index (κ1) is 15.4. The number of rotatable bonds is 3. The molecule has 0 aromatic rings. The summed E-state index contributed by atoms with van der Waals surface area (Å²) in [5, 5.41) is 0. The summed E-state index contributed by atoms with van der Waals surface area (Å²) in [5.74, 6) is -2.13. The predicted molar refractivity (Wildman–Crippen MR) is 57.5 cm³/mol. The lowest BCUT2D eigenvalue weighted by Crippen LogP contribution is -2.56. The second-order valence-corrected chi connectivity index (χ2v) is 3.98. The number of carbonyl (C=O) groups is 3. The molecule has 0 N–H and O–H groups in total. The molecule has 7 nitrogen and oxygen atoms in total. The lowest BCUT2D eigenvalue weighted by molar-refractivity contribution is -0.248. The van der Waals surface area contributed by atoms with Gasteiger partial charge in [-0.1, -0.05) is 0 Å². The van der Waals surface area contributed by atoms with Crippen LogP contribution in [-0.2, 0) is 33.3 Å². The summed E-state index contributed by atoms with van der Waals surface area (Å²) in [4.78, 5) is 32.9. The van der Waals surface area contributed by atoms with E-state index in [9.17, 15) is 18.8 Å². The van der Waals surface area contributed by atoms with Crippen molar-refractivity contribution in [3.63, 3.8) is 0 Å². The van der Waals surface area contributed by atoms with Crippen molar-refractivity contribution in [3.8, 4) is 0 Å². The number of ether oxygens (including phenoxy) is 4. The number of halogens is 1. The van der Waals surface area contributed by atoms with Crippen molar-refractivity contribution in [2.24, 2.45) is 0 Å². The number of hydrogen-bond donors (Lipinski definition) is 0. The highest BCUT2D eigenvalue weighted by atomic mass is 19.1. The number of alkyl halides is 1. The number of esters is 3. The minimum absolute atomic E-state index is 0.295. The maximum Gasteiger partial charge on any atom is 0.303 e. The van der Waals surface area contributed by atoms with Gasteiger partial charge < -0.3 is 18.9 Å². The van der Waals surface area contributed by atoms with E-state index in [0.29, 0.717) is 0 Å². The lowest BCUT2D eigenvalue weighted by Gasteiger charge is -2.37. The Morgan fingerprint density at radius 1 is 0.947 bits per heavy atom. The number of carbonyl (C=O) groups excluding carboxylic acids is 3. The first-order valence-electron chi connectivity index (χ1n) is 5.58. The Morgan fingerprint density at radius 3 is 1.89 bits per heavy atom. The molecular weight excluding hydrogens is 263 g/mol. The fraction of sp³-hybridized carbons (Fsp3) is 0.727. The van der Waals surface area contributed by atoms with E-state index >= 15 is 0 Å². The van der Waals surface area contributed by atoms with Gasteiger partial charge in [0, 0.05) is 20.8 Å². The van der Waals surface area contributed by atoms with Gasteiger partial charge in [-0.05, 0) is 0 Å². The molecule has 1 aliphatic heterocycles. The van der Waals surface area contributed by atoms with Crippen molar-refractivity contribution >= 4 is 17.9 Å². The van der Waals surface area contributed by atoms with Crippen LogP contribution in [0.25, 0.3) is 0 Å². The molecule has 0 unspecified atom stereocenters. The Bertz CT molecular complexity index is 370. The van der Waals surface area contributed by atoms with E-state index in [4.69, 9.17) is 18.9 Å². The van der Waals surface area contributed by atoms with E-state index in [1.54, 1.807) is 0 Å². The van der Waals surface area contributed by atoms with Gasteiger partial charge in [0.25, 0.3) is 0 Å². The fourth-order valence-corrected chi connectivity index (χ4v) is 1.70. The summed E-state index contributed by atoms with van der Waals surface area (Å²) >= 11 is 0. The quantitative estimate of drug-likeness (QED) is 0.534. The van der Waals surface area contributed by atoms with Gasteiger partial charge in [-0.3, -0.25) is 14.4 Å². The first-order valence-corrected chi connectivity index (χ1v) is 5.58. The van der Waals surface area contributed by atoms with Crippen molar-refractivity contribution in [2.75, 3.05) is 6.61 Å². The van der Waals surface area contributed by atoms with E-state index < -0.39 is 42.6 Å². The Labute approximate surface area is 108 Å². The molecular formula is C11H15FO7. The largest absolute Gasteiger partial charge is 0.456 e. The molecule has 0 amide bonds. The maximum atomic E-state index is 13.6. The zero-order valence-electron chi connectivity index (χ0n) is 10.8. The van der Waals surface area contributed by atoms with Crippen molar-refractivity contribution in [1.82, 2.24) is 0 Å². The van der Waals surface area contributed by atoms with Crippen LogP contribution in [0.4, 0.5) is 4.39 Å². The zero-order valence-corrected chi connectivity index (χ0v) is 10.8. The van der Waals surface area contributed by atoms with Crippen LogP contribution in [0.5, 0.6) is 0 Å². The molecule has 1 fully saturated rings. The van der Waals surface area contributed by atoms with Crippen molar-refractivity contribution in [3.05, 3.63) is 0 Å². The van der Waals surface area contributed by atoms with Crippen LogP contribution in [0, 0.1) is 0 Å². The standard InChI is InChI=1S/C11H15FO7/c1-5(13)17-8-4-16-11(12)10(19-7(3)15)9(8)18-6(2)14/h8-11H,4H2,1-3H3/t8-,9+,10+,11-/m1/s1. The highest BCUT2D eigenvalue weighted by Crippen LogP contribution is 2.24. The molecule has 108 valence electrons. The van der Waals surface area contributed by atoms with Gasteiger partial charge in [0.2, 0.25) is 6.36 Å². The van der Waals surface area contributed by atoms with Crippen LogP contribution in [0.1, 0.15) is 20.8 Å². The second kappa shape index (κ2) is 6.46. The predicted octanol–water partition coefficient (Wildman–Crippen LogP) is 0.107. The molecule has 0 saturated carbocycles. The molecule has 0 aliphatic carbocycles. The van der Waals surface area contributed by atoms with Crippen LogP contribution < -0.4 is 0 Å². The average Bonchev–Trinajstić information content (AvgIpc) is 2.25. The molecule has 8 heteroatoms. The van der Waals surface area contributed by atoms with Crippen LogP contribution in [0.3, 0.4) is 0 Å². The average molecular weight is 278 g/mol. The Kier molecular flexibility index (Phi) is 5.22. The van der Waals surface area contributed by atoms with Crippen LogP contribution >= 0.6 is 0 Å². The SMILES string of the molecule is CC(=O)O[C@@H]1[C@H](OC(C)=O)[C@H](F)OC[C@H]1OC(C)=O. The lowest BCUT2D eigenvalue weighted by atomic mass is 10.1. The van der Waals surface area contributed by atoms with E-state index in [-0.39, 0.29) is 6.61 Å². The summed E-state index contributed by atoms with van der Waals surface area (Å²) in [7, 11) is 0. The Balaban J connectivity index is 2.89. The molecule has 0 spiro atoms. The van der Waals surface area contributed by atoms with Crippen molar-refractivity contribution < 1.29 is 37.7 Å². The van der Waals surface area contributed by atoms with Gasteiger partial charge in [-0.25, -0.2) is 4.39 Å². The Morgan fingerprint density at radius 2 is 1.42 bits per heavy atom. The van der Waals surface area contributed by atoms with Crippen molar-refractivity contribution in [2.45, 2.75) is 45.4 Å². The third kappa shape index (κ3) is 4.47. The molecule has 1 aliphatic rings. The van der Waals surface area contributed by atoms with E-state index in [1.165, 1.54) is 0 Å². The molecule has 0 bridgehead atoms. The van der Waals surface area contributed by atoms with Gasteiger partial charge in [-0.2, -0.15) is 0 Å². The summed E-state index contributed by atoms with van der Waals surface area (Å²) in [6.07, 6.45) is -5.70. The molecule has 1 rings (SSSR count). The molecule has 4 atom stereocenters. The Hall–Kier alpha value is -1.70. The van der Waals surface area contributed by atoms with Gasteiger partial charge in [-0.15, -0.1) is 0 Å². The van der Waals surface area contributed by atoms with Crippen LogP contribution in [0.2, 0.25) is 0 Å². The summed E-state index contributed by atoms with van der Waals surface area (Å²) in [6, 6.07) is 0. The topological polar surface area (TPSA) is 88.1 Å². The van der Waals surface area contributed by atoms with Gasteiger partial charge >= 0.3 is 17.9 Å². The molecule has 19 heavy (non-hydrogen) atoms. The third-order valence-electron chi connectivity index (χ3n) is 2.29. The monoisotopic (exact) mass is 278 g/mol. The highest BCUT2D eigenvalue weighted by molar-refractivity contribution is 5.68. The normalized spacial score (nSPS) is 30.3. The first-order chi connectivity index (χ1) is 8.81. The number of hydrogen-bond acceptors (Lipinski definition) is 7. The fourth-order valence-electron chi connectivity index (χ4n) is 1.70. The molecule has 1 heterocycles. The van der Waals surface area contributed by atoms with Gasteiger partial charge in [0.1, 0.15) is 0 Å². The molecule has 0 radical (unpaired) electrons. The van der Waals surface area contributed by atoms with E-state index in [2.05, 4.69) is 0 Å². The third-order valence-corrected chi connectivity index (χ3v) is 2.29. The smallest absolute Gasteiger partial charge is 0.303 e. The van der Waals surface area contributed by atoms with E-state index in [1.807, 2.05) is 0 Å². The van der Waals surface area contributed by atoms with Crippen LogP contribution in [0.15, 0.2) is 0 Å². The molecule has 0 aromatic heterocycles. The second-order valence-electron chi connectivity index (χ2n) is 3.98. The highest BCUT2D eigenvalue weighted by Gasteiger charge is 2.47.